The largest absolute Gasteiger partial charge is 0.484 e. The van der Waals surface area contributed by atoms with Gasteiger partial charge in [0.05, 0.1) is 0 Å². The first-order valence-electron chi connectivity index (χ1n) is 8.13. The fraction of sp³-hybridized carbons (Fsp3) is 0.150. The fourth-order valence-corrected chi connectivity index (χ4v) is 3.01. The lowest BCUT2D eigenvalue weighted by Gasteiger charge is -2.09. The standard InChI is InChI=1S/C20H20N2O2S/c23-20(21-13-12-19-7-4-14-25-19)15-24-18-10-8-17(9-11-18)22-16-5-2-1-3-6-16/h1-11,14,22H,12-13,15H2,(H,21,23). The number of amides is 1. The highest BCUT2D eigenvalue weighted by Crippen LogP contribution is 2.19. The van der Waals surface area contributed by atoms with Crippen molar-refractivity contribution in [2.24, 2.45) is 0 Å². The third kappa shape index (κ3) is 5.65. The molecule has 0 fully saturated rings. The van der Waals surface area contributed by atoms with E-state index in [4.69, 9.17) is 4.74 Å². The highest BCUT2D eigenvalue weighted by molar-refractivity contribution is 7.09. The highest BCUT2D eigenvalue weighted by Gasteiger charge is 2.03. The van der Waals surface area contributed by atoms with Gasteiger partial charge in [-0.1, -0.05) is 24.3 Å². The summed E-state index contributed by atoms with van der Waals surface area (Å²) in [5.41, 5.74) is 2.00. The maximum atomic E-state index is 11.8. The minimum Gasteiger partial charge on any atom is -0.484 e. The summed E-state index contributed by atoms with van der Waals surface area (Å²) in [4.78, 5) is 13.1. The number of carbonyl (C=O) groups is 1. The van der Waals surface area contributed by atoms with Crippen molar-refractivity contribution in [2.45, 2.75) is 6.42 Å². The van der Waals surface area contributed by atoms with Gasteiger partial charge in [0, 0.05) is 22.8 Å². The van der Waals surface area contributed by atoms with Gasteiger partial charge in [-0.25, -0.2) is 0 Å². The number of anilines is 2. The molecular formula is C20H20N2O2S. The number of rotatable bonds is 8. The van der Waals surface area contributed by atoms with Gasteiger partial charge in [0.1, 0.15) is 5.75 Å². The van der Waals surface area contributed by atoms with Crippen molar-refractivity contribution >= 4 is 28.6 Å². The molecule has 0 aliphatic carbocycles. The number of thiophene rings is 1. The number of carbonyl (C=O) groups excluding carboxylic acids is 1. The molecule has 0 saturated carbocycles. The Morgan fingerprint density at radius 2 is 1.68 bits per heavy atom. The summed E-state index contributed by atoms with van der Waals surface area (Å²) in [7, 11) is 0. The molecule has 0 atom stereocenters. The number of ether oxygens (including phenoxy) is 1. The van der Waals surface area contributed by atoms with Crippen LogP contribution in [0.25, 0.3) is 0 Å². The number of benzene rings is 2. The summed E-state index contributed by atoms with van der Waals surface area (Å²) in [6.07, 6.45) is 0.850. The Bertz CT molecular complexity index is 771. The first-order chi connectivity index (χ1) is 12.3. The predicted octanol–water partition coefficient (Wildman–Crippen LogP) is 4.23. The van der Waals surface area contributed by atoms with Crippen molar-refractivity contribution < 1.29 is 9.53 Å². The van der Waals surface area contributed by atoms with Crippen LogP contribution in [-0.2, 0) is 11.2 Å². The van der Waals surface area contributed by atoms with Gasteiger partial charge in [-0.3, -0.25) is 4.79 Å². The Balaban J connectivity index is 1.40. The smallest absolute Gasteiger partial charge is 0.257 e. The van der Waals surface area contributed by atoms with Gasteiger partial charge in [0.2, 0.25) is 0 Å². The molecule has 2 N–H and O–H groups in total. The number of nitrogens with one attached hydrogen (secondary N) is 2. The van der Waals surface area contributed by atoms with Crippen LogP contribution in [0, 0.1) is 0 Å². The molecule has 1 heterocycles. The summed E-state index contributed by atoms with van der Waals surface area (Å²) in [6.45, 7) is 0.651. The monoisotopic (exact) mass is 352 g/mol. The number of hydrogen-bond acceptors (Lipinski definition) is 4. The second-order valence-corrected chi connectivity index (χ2v) is 6.52. The Kier molecular flexibility index (Phi) is 6.06. The summed E-state index contributed by atoms with van der Waals surface area (Å²) < 4.78 is 5.52. The van der Waals surface area contributed by atoms with Crippen LogP contribution < -0.4 is 15.4 Å². The van der Waals surface area contributed by atoms with Gasteiger partial charge in [-0.05, 0) is 54.3 Å². The van der Waals surface area contributed by atoms with E-state index in [-0.39, 0.29) is 12.5 Å². The molecule has 0 aliphatic heterocycles. The van der Waals surface area contributed by atoms with Crippen molar-refractivity contribution in [2.75, 3.05) is 18.5 Å². The quantitative estimate of drug-likeness (QED) is 0.638. The lowest BCUT2D eigenvalue weighted by Crippen LogP contribution is -2.30. The molecule has 4 nitrogen and oxygen atoms in total. The van der Waals surface area contributed by atoms with E-state index in [2.05, 4.69) is 16.7 Å². The zero-order chi connectivity index (χ0) is 17.3. The summed E-state index contributed by atoms with van der Waals surface area (Å²) in [5, 5.41) is 8.21. The fourth-order valence-electron chi connectivity index (χ4n) is 2.30. The molecule has 0 saturated heterocycles. The van der Waals surface area contributed by atoms with E-state index in [1.165, 1.54) is 4.88 Å². The van der Waals surface area contributed by atoms with E-state index in [0.29, 0.717) is 12.3 Å². The average molecular weight is 352 g/mol. The lowest BCUT2D eigenvalue weighted by molar-refractivity contribution is -0.123. The number of hydrogen-bond donors (Lipinski definition) is 2. The first kappa shape index (κ1) is 17.0. The maximum absolute atomic E-state index is 11.8. The lowest BCUT2D eigenvalue weighted by atomic mass is 10.2. The second kappa shape index (κ2) is 8.89. The first-order valence-corrected chi connectivity index (χ1v) is 9.01. The van der Waals surface area contributed by atoms with Gasteiger partial charge in [0.25, 0.3) is 5.91 Å². The average Bonchev–Trinajstić information content (AvgIpc) is 3.15. The topological polar surface area (TPSA) is 50.4 Å². The van der Waals surface area contributed by atoms with Gasteiger partial charge in [-0.2, -0.15) is 0 Å². The van der Waals surface area contributed by atoms with Crippen LogP contribution in [0.15, 0.2) is 72.1 Å². The normalized spacial score (nSPS) is 10.2. The molecule has 0 bridgehead atoms. The Labute approximate surface area is 151 Å². The van der Waals surface area contributed by atoms with Crippen molar-refractivity contribution in [3.63, 3.8) is 0 Å². The molecule has 5 heteroatoms. The van der Waals surface area contributed by atoms with Crippen LogP contribution in [0.2, 0.25) is 0 Å². The van der Waals surface area contributed by atoms with Gasteiger partial charge >= 0.3 is 0 Å². The third-order valence-corrected chi connectivity index (χ3v) is 4.50. The van der Waals surface area contributed by atoms with Crippen LogP contribution in [0.3, 0.4) is 0 Å². The second-order valence-electron chi connectivity index (χ2n) is 5.48. The molecule has 3 aromatic rings. The van der Waals surface area contributed by atoms with Gasteiger partial charge < -0.3 is 15.4 Å². The molecule has 0 unspecified atom stereocenters. The predicted molar refractivity (Wildman–Crippen MR) is 103 cm³/mol. The molecular weight excluding hydrogens is 332 g/mol. The molecule has 128 valence electrons. The van der Waals surface area contributed by atoms with Crippen LogP contribution >= 0.6 is 11.3 Å². The molecule has 0 spiro atoms. The highest BCUT2D eigenvalue weighted by atomic mass is 32.1. The number of para-hydroxylation sites is 1. The van der Waals surface area contributed by atoms with E-state index in [1.54, 1.807) is 11.3 Å². The zero-order valence-corrected chi connectivity index (χ0v) is 14.6. The SMILES string of the molecule is O=C(COc1ccc(Nc2ccccc2)cc1)NCCc1cccs1. The Morgan fingerprint density at radius 3 is 2.40 bits per heavy atom. The van der Waals surface area contributed by atoms with E-state index >= 15 is 0 Å². The Morgan fingerprint density at radius 1 is 0.920 bits per heavy atom. The van der Waals surface area contributed by atoms with Crippen LogP contribution in [0.4, 0.5) is 11.4 Å². The zero-order valence-electron chi connectivity index (χ0n) is 13.8. The van der Waals surface area contributed by atoms with Crippen molar-refractivity contribution in [3.05, 3.63) is 77.0 Å². The van der Waals surface area contributed by atoms with Gasteiger partial charge in [0.15, 0.2) is 6.61 Å². The van der Waals surface area contributed by atoms with E-state index in [0.717, 1.165) is 17.8 Å². The van der Waals surface area contributed by atoms with Crippen molar-refractivity contribution in [1.82, 2.24) is 5.32 Å². The summed E-state index contributed by atoms with van der Waals surface area (Å²) in [6, 6.07) is 21.6. The van der Waals surface area contributed by atoms with E-state index < -0.39 is 0 Å². The summed E-state index contributed by atoms with van der Waals surface area (Å²) >= 11 is 1.70. The van der Waals surface area contributed by atoms with E-state index in [9.17, 15) is 4.79 Å². The van der Waals surface area contributed by atoms with Gasteiger partial charge in [-0.15, -0.1) is 11.3 Å². The summed E-state index contributed by atoms with van der Waals surface area (Å²) in [5.74, 6) is 0.565. The van der Waals surface area contributed by atoms with Crippen LogP contribution in [0.1, 0.15) is 4.88 Å². The molecule has 1 amide bonds. The van der Waals surface area contributed by atoms with Crippen molar-refractivity contribution in [1.29, 1.82) is 0 Å². The molecule has 1 aromatic heterocycles. The van der Waals surface area contributed by atoms with Crippen LogP contribution in [-0.4, -0.2) is 19.1 Å². The minimum atomic E-state index is -0.108. The molecule has 0 radical (unpaired) electrons. The molecule has 25 heavy (non-hydrogen) atoms. The molecule has 0 aliphatic rings. The Hall–Kier alpha value is -2.79. The maximum Gasteiger partial charge on any atom is 0.257 e. The van der Waals surface area contributed by atoms with Crippen LogP contribution in [0.5, 0.6) is 5.75 Å². The van der Waals surface area contributed by atoms with Crippen molar-refractivity contribution in [3.8, 4) is 5.75 Å². The molecule has 2 aromatic carbocycles. The third-order valence-electron chi connectivity index (χ3n) is 3.56. The molecule has 3 rings (SSSR count). The minimum absolute atomic E-state index is 0.0237. The van der Waals surface area contributed by atoms with E-state index in [1.807, 2.05) is 66.0 Å².